The number of benzene rings is 1. The predicted octanol–water partition coefficient (Wildman–Crippen LogP) is 1.86. The molecule has 1 aromatic carbocycles. The van der Waals surface area contributed by atoms with Gasteiger partial charge < -0.3 is 15.8 Å². The van der Waals surface area contributed by atoms with Crippen molar-refractivity contribution in [3.63, 3.8) is 0 Å². The molecule has 114 valence electrons. The largest absolute Gasteiger partial charge is 0.379 e. The molecule has 3 rings (SSSR count). The number of amides is 1. The Morgan fingerprint density at radius 3 is 2.81 bits per heavy atom. The highest BCUT2D eigenvalue weighted by Crippen LogP contribution is 2.25. The Morgan fingerprint density at radius 1 is 1.33 bits per heavy atom. The second-order valence-corrected chi connectivity index (χ2v) is 6.39. The van der Waals surface area contributed by atoms with E-state index in [0.29, 0.717) is 19.6 Å². The van der Waals surface area contributed by atoms with Crippen LogP contribution in [-0.2, 0) is 22.4 Å². The van der Waals surface area contributed by atoms with Crippen LogP contribution in [0.5, 0.6) is 0 Å². The van der Waals surface area contributed by atoms with Gasteiger partial charge in [-0.2, -0.15) is 0 Å². The molecule has 4 nitrogen and oxygen atoms in total. The standard InChI is InChI=1S/C17H24N2O2/c1-12(19-16(20)17(18)8-9-21-11-17)14-7-6-13-4-2-3-5-15(13)10-14/h6-7,10,12H,2-5,8-9,11,18H2,1H3,(H,19,20). The maximum Gasteiger partial charge on any atom is 0.243 e. The van der Waals surface area contributed by atoms with Crippen LogP contribution in [0.4, 0.5) is 0 Å². The summed E-state index contributed by atoms with van der Waals surface area (Å²) < 4.78 is 5.26. The molecule has 1 aromatic rings. The summed E-state index contributed by atoms with van der Waals surface area (Å²) in [5.41, 5.74) is 9.30. The number of rotatable bonds is 3. The molecule has 1 aliphatic carbocycles. The molecule has 0 spiro atoms. The summed E-state index contributed by atoms with van der Waals surface area (Å²) >= 11 is 0. The highest BCUT2D eigenvalue weighted by Gasteiger charge is 2.38. The first kappa shape index (κ1) is 14.5. The van der Waals surface area contributed by atoms with E-state index < -0.39 is 5.54 Å². The molecule has 2 aliphatic rings. The molecule has 1 saturated heterocycles. The van der Waals surface area contributed by atoms with Crippen molar-refractivity contribution in [3.8, 4) is 0 Å². The Bertz CT molecular complexity index is 536. The molecular weight excluding hydrogens is 264 g/mol. The average Bonchev–Trinajstić information content (AvgIpc) is 2.95. The molecule has 1 amide bonds. The van der Waals surface area contributed by atoms with Gasteiger partial charge in [0.15, 0.2) is 0 Å². The van der Waals surface area contributed by atoms with E-state index in [1.807, 2.05) is 6.92 Å². The van der Waals surface area contributed by atoms with Gasteiger partial charge in [-0.25, -0.2) is 0 Å². The third-order valence-corrected chi connectivity index (χ3v) is 4.72. The van der Waals surface area contributed by atoms with Crippen molar-refractivity contribution in [2.45, 2.75) is 50.6 Å². The van der Waals surface area contributed by atoms with Gasteiger partial charge in [0.2, 0.25) is 5.91 Å². The zero-order chi connectivity index (χ0) is 14.9. The minimum absolute atomic E-state index is 0.0225. The van der Waals surface area contributed by atoms with E-state index in [2.05, 4.69) is 23.5 Å². The maximum atomic E-state index is 12.3. The van der Waals surface area contributed by atoms with Crippen LogP contribution in [0.1, 0.15) is 48.9 Å². The summed E-state index contributed by atoms with van der Waals surface area (Å²) in [5.74, 6) is -0.106. The number of carbonyl (C=O) groups excluding carboxylic acids is 1. The summed E-state index contributed by atoms with van der Waals surface area (Å²) in [5, 5.41) is 3.04. The van der Waals surface area contributed by atoms with Crippen molar-refractivity contribution in [1.29, 1.82) is 0 Å². The maximum absolute atomic E-state index is 12.3. The topological polar surface area (TPSA) is 64.4 Å². The number of carbonyl (C=O) groups is 1. The fraction of sp³-hybridized carbons (Fsp3) is 0.588. The number of aryl methyl sites for hydroxylation is 2. The van der Waals surface area contributed by atoms with E-state index in [0.717, 1.165) is 12.0 Å². The number of fused-ring (bicyclic) bond motifs is 1. The van der Waals surface area contributed by atoms with E-state index in [-0.39, 0.29) is 11.9 Å². The van der Waals surface area contributed by atoms with Crippen LogP contribution in [-0.4, -0.2) is 24.7 Å². The molecule has 4 heteroatoms. The summed E-state index contributed by atoms with van der Waals surface area (Å²) in [6.45, 7) is 2.90. The van der Waals surface area contributed by atoms with E-state index >= 15 is 0 Å². The van der Waals surface area contributed by atoms with Crippen molar-refractivity contribution in [1.82, 2.24) is 5.32 Å². The highest BCUT2D eigenvalue weighted by atomic mass is 16.5. The summed E-state index contributed by atoms with van der Waals surface area (Å²) in [4.78, 5) is 12.3. The quantitative estimate of drug-likeness (QED) is 0.892. The summed E-state index contributed by atoms with van der Waals surface area (Å²) in [6.07, 6.45) is 5.47. The van der Waals surface area contributed by atoms with Crippen molar-refractivity contribution in [2.24, 2.45) is 5.73 Å². The number of hydrogen-bond acceptors (Lipinski definition) is 3. The zero-order valence-corrected chi connectivity index (χ0v) is 12.7. The summed E-state index contributed by atoms with van der Waals surface area (Å²) in [7, 11) is 0. The van der Waals surface area contributed by atoms with E-state index in [9.17, 15) is 4.79 Å². The number of hydrogen-bond donors (Lipinski definition) is 2. The second-order valence-electron chi connectivity index (χ2n) is 6.39. The average molecular weight is 288 g/mol. The van der Waals surface area contributed by atoms with Gasteiger partial charge in [0.25, 0.3) is 0 Å². The van der Waals surface area contributed by atoms with E-state index in [1.165, 1.54) is 30.4 Å². The lowest BCUT2D eigenvalue weighted by Gasteiger charge is -2.25. The molecule has 1 heterocycles. The lowest BCUT2D eigenvalue weighted by atomic mass is 9.89. The molecular formula is C17H24N2O2. The fourth-order valence-electron chi connectivity index (χ4n) is 3.21. The molecule has 0 saturated carbocycles. The van der Waals surface area contributed by atoms with Gasteiger partial charge in [-0.1, -0.05) is 18.2 Å². The van der Waals surface area contributed by atoms with Gasteiger partial charge in [-0.05, 0) is 55.7 Å². The molecule has 0 bridgehead atoms. The van der Waals surface area contributed by atoms with Crippen molar-refractivity contribution in [2.75, 3.05) is 13.2 Å². The van der Waals surface area contributed by atoms with Gasteiger partial charge >= 0.3 is 0 Å². The molecule has 2 atom stereocenters. The molecule has 0 radical (unpaired) electrons. The SMILES string of the molecule is CC(NC(=O)C1(N)CCOC1)c1ccc2c(c1)CCCC2. The third kappa shape index (κ3) is 2.97. The second kappa shape index (κ2) is 5.78. The molecule has 3 N–H and O–H groups in total. The molecule has 1 fully saturated rings. The third-order valence-electron chi connectivity index (χ3n) is 4.72. The van der Waals surface area contributed by atoms with E-state index in [4.69, 9.17) is 10.5 Å². The summed E-state index contributed by atoms with van der Waals surface area (Å²) in [6, 6.07) is 6.56. The van der Waals surface area contributed by atoms with Crippen LogP contribution in [0.25, 0.3) is 0 Å². The molecule has 2 unspecified atom stereocenters. The van der Waals surface area contributed by atoms with Crippen LogP contribution in [0.15, 0.2) is 18.2 Å². The first-order chi connectivity index (χ1) is 10.1. The molecule has 0 aromatic heterocycles. The van der Waals surface area contributed by atoms with Gasteiger partial charge in [-0.15, -0.1) is 0 Å². The Balaban J connectivity index is 1.70. The lowest BCUT2D eigenvalue weighted by molar-refractivity contribution is -0.127. The first-order valence-electron chi connectivity index (χ1n) is 7.88. The van der Waals surface area contributed by atoms with Gasteiger partial charge in [0.05, 0.1) is 12.6 Å². The van der Waals surface area contributed by atoms with Crippen LogP contribution in [0.3, 0.4) is 0 Å². The molecule has 21 heavy (non-hydrogen) atoms. The van der Waals surface area contributed by atoms with Crippen LogP contribution in [0.2, 0.25) is 0 Å². The minimum Gasteiger partial charge on any atom is -0.379 e. The Morgan fingerprint density at radius 2 is 2.10 bits per heavy atom. The van der Waals surface area contributed by atoms with E-state index in [1.54, 1.807) is 0 Å². The Hall–Kier alpha value is -1.39. The van der Waals surface area contributed by atoms with Gasteiger partial charge in [0.1, 0.15) is 5.54 Å². The normalized spacial score (nSPS) is 26.2. The first-order valence-corrected chi connectivity index (χ1v) is 7.88. The minimum atomic E-state index is -0.859. The van der Waals surface area contributed by atoms with Crippen LogP contribution in [0, 0.1) is 0 Å². The van der Waals surface area contributed by atoms with Crippen molar-refractivity contribution < 1.29 is 9.53 Å². The van der Waals surface area contributed by atoms with Crippen molar-refractivity contribution >= 4 is 5.91 Å². The highest BCUT2D eigenvalue weighted by molar-refractivity contribution is 5.86. The van der Waals surface area contributed by atoms with Crippen LogP contribution < -0.4 is 11.1 Å². The monoisotopic (exact) mass is 288 g/mol. The Labute approximate surface area is 126 Å². The zero-order valence-electron chi connectivity index (χ0n) is 12.7. The number of nitrogens with one attached hydrogen (secondary N) is 1. The molecule has 1 aliphatic heterocycles. The Kier molecular flexibility index (Phi) is 4.00. The smallest absolute Gasteiger partial charge is 0.243 e. The lowest BCUT2D eigenvalue weighted by Crippen LogP contribution is -2.54. The van der Waals surface area contributed by atoms with Crippen molar-refractivity contribution in [3.05, 3.63) is 34.9 Å². The van der Waals surface area contributed by atoms with Gasteiger partial charge in [-0.3, -0.25) is 4.79 Å². The number of nitrogens with two attached hydrogens (primary N) is 1. The number of ether oxygens (including phenoxy) is 1. The fourth-order valence-corrected chi connectivity index (χ4v) is 3.21. The van der Waals surface area contributed by atoms with Crippen LogP contribution >= 0.6 is 0 Å². The predicted molar refractivity (Wildman–Crippen MR) is 82.0 cm³/mol. The van der Waals surface area contributed by atoms with Gasteiger partial charge in [0, 0.05) is 6.61 Å².